The van der Waals surface area contributed by atoms with E-state index in [0.717, 1.165) is 17.5 Å². The Hall–Kier alpha value is -1.78. The zero-order valence-corrected chi connectivity index (χ0v) is 12.2. The topological polar surface area (TPSA) is 55.1 Å². The van der Waals surface area contributed by atoms with E-state index in [2.05, 4.69) is 4.98 Å². The van der Waals surface area contributed by atoms with E-state index in [4.69, 9.17) is 28.3 Å². The number of aliphatic carboxylic acids is 1. The fourth-order valence-electron chi connectivity index (χ4n) is 1.76. The highest BCUT2D eigenvalue weighted by atomic mass is 35.5. The molecule has 20 heavy (non-hydrogen) atoms. The van der Waals surface area contributed by atoms with Crippen LogP contribution in [-0.2, 0) is 11.3 Å². The normalized spacial score (nSPS) is 11.2. The van der Waals surface area contributed by atoms with E-state index in [1.165, 1.54) is 6.08 Å². The van der Waals surface area contributed by atoms with Gasteiger partial charge in [-0.2, -0.15) is 0 Å². The van der Waals surface area contributed by atoms with Gasteiger partial charge in [0.2, 0.25) is 0 Å². The van der Waals surface area contributed by atoms with Crippen molar-refractivity contribution in [2.45, 2.75) is 13.5 Å². The lowest BCUT2D eigenvalue weighted by atomic mass is 10.2. The van der Waals surface area contributed by atoms with E-state index < -0.39 is 5.97 Å². The van der Waals surface area contributed by atoms with E-state index in [0.29, 0.717) is 22.3 Å². The number of nitrogens with zero attached hydrogens (tertiary/aromatic N) is 2. The Morgan fingerprint density at radius 2 is 2.20 bits per heavy atom. The summed E-state index contributed by atoms with van der Waals surface area (Å²) in [6.07, 6.45) is 4.29. The van der Waals surface area contributed by atoms with Crippen molar-refractivity contribution in [3.05, 3.63) is 57.6 Å². The number of carbonyl (C=O) groups is 1. The molecule has 0 unspecified atom stereocenters. The average molecular weight is 311 g/mol. The highest BCUT2D eigenvalue weighted by molar-refractivity contribution is 6.35. The summed E-state index contributed by atoms with van der Waals surface area (Å²) >= 11 is 12.0. The summed E-state index contributed by atoms with van der Waals surface area (Å²) in [5.74, 6) is -0.223. The van der Waals surface area contributed by atoms with Crippen LogP contribution in [-0.4, -0.2) is 20.6 Å². The van der Waals surface area contributed by atoms with Crippen LogP contribution in [0.1, 0.15) is 17.1 Å². The molecule has 1 N–H and O–H groups in total. The number of benzene rings is 1. The number of aryl methyl sites for hydroxylation is 1. The van der Waals surface area contributed by atoms with Gasteiger partial charge in [-0.3, -0.25) is 0 Å². The summed E-state index contributed by atoms with van der Waals surface area (Å²) in [6, 6.07) is 5.33. The predicted octanol–water partition coefficient (Wildman–Crippen LogP) is 3.64. The van der Waals surface area contributed by atoms with Crippen LogP contribution in [0.2, 0.25) is 10.0 Å². The molecule has 2 rings (SSSR count). The second kappa shape index (κ2) is 6.11. The monoisotopic (exact) mass is 310 g/mol. The fourth-order valence-corrected chi connectivity index (χ4v) is 2.23. The van der Waals surface area contributed by atoms with Crippen LogP contribution < -0.4 is 0 Å². The number of aromatic nitrogens is 2. The molecule has 0 saturated heterocycles. The van der Waals surface area contributed by atoms with Crippen LogP contribution in [0.15, 0.2) is 30.5 Å². The van der Waals surface area contributed by atoms with Gasteiger partial charge in [0.05, 0.1) is 12.2 Å². The molecule has 2 aromatic rings. The summed E-state index contributed by atoms with van der Waals surface area (Å²) in [5, 5.41) is 9.78. The lowest BCUT2D eigenvalue weighted by Crippen LogP contribution is -2.01. The van der Waals surface area contributed by atoms with Gasteiger partial charge in [0, 0.05) is 22.3 Å². The Kier molecular flexibility index (Phi) is 4.47. The van der Waals surface area contributed by atoms with Crippen molar-refractivity contribution in [1.82, 2.24) is 9.55 Å². The molecular weight excluding hydrogens is 299 g/mol. The maximum atomic E-state index is 10.5. The number of halogens is 2. The molecule has 0 aliphatic carbocycles. The molecule has 0 amide bonds. The molecule has 0 aliphatic rings. The number of rotatable bonds is 4. The molecule has 0 bridgehead atoms. The maximum absolute atomic E-state index is 10.5. The summed E-state index contributed by atoms with van der Waals surface area (Å²) in [6.45, 7) is 2.40. The van der Waals surface area contributed by atoms with Crippen molar-refractivity contribution < 1.29 is 9.90 Å². The molecule has 6 heteroatoms. The Balaban J connectivity index is 2.23. The van der Waals surface area contributed by atoms with Crippen molar-refractivity contribution in [3.63, 3.8) is 0 Å². The molecule has 0 radical (unpaired) electrons. The predicted molar refractivity (Wildman–Crippen MR) is 79.2 cm³/mol. The van der Waals surface area contributed by atoms with Crippen molar-refractivity contribution >= 4 is 35.2 Å². The minimum atomic E-state index is -1.00. The number of hydrogen-bond donors (Lipinski definition) is 1. The standard InChI is InChI=1S/C14H12Cl2N2O2/c1-9-17-12(4-5-14(19)20)8-18(9)7-10-2-3-11(15)6-13(10)16/h2-6,8H,7H2,1H3,(H,19,20)/b5-4+. The second-order valence-corrected chi connectivity index (χ2v) is 5.09. The number of hydrogen-bond acceptors (Lipinski definition) is 2. The first kappa shape index (κ1) is 14.6. The Labute approximate surface area is 126 Å². The van der Waals surface area contributed by atoms with Crippen LogP contribution in [0, 0.1) is 6.92 Å². The highest BCUT2D eigenvalue weighted by Gasteiger charge is 2.06. The molecular formula is C14H12Cl2N2O2. The first-order valence-electron chi connectivity index (χ1n) is 5.84. The summed E-state index contributed by atoms with van der Waals surface area (Å²) in [4.78, 5) is 14.8. The summed E-state index contributed by atoms with van der Waals surface area (Å²) < 4.78 is 1.90. The van der Waals surface area contributed by atoms with Gasteiger partial charge in [0.25, 0.3) is 0 Å². The van der Waals surface area contributed by atoms with Crippen LogP contribution in [0.25, 0.3) is 6.08 Å². The zero-order chi connectivity index (χ0) is 14.7. The third-order valence-corrected chi connectivity index (χ3v) is 3.33. The lowest BCUT2D eigenvalue weighted by Gasteiger charge is -2.07. The largest absolute Gasteiger partial charge is 0.478 e. The van der Waals surface area contributed by atoms with Gasteiger partial charge in [0.15, 0.2) is 0 Å². The molecule has 0 atom stereocenters. The second-order valence-electron chi connectivity index (χ2n) is 4.25. The third kappa shape index (κ3) is 3.62. The minimum Gasteiger partial charge on any atom is -0.478 e. The molecule has 0 aliphatic heterocycles. The molecule has 0 spiro atoms. The van der Waals surface area contributed by atoms with Gasteiger partial charge < -0.3 is 9.67 Å². The van der Waals surface area contributed by atoms with Crippen LogP contribution >= 0.6 is 23.2 Å². The van der Waals surface area contributed by atoms with E-state index in [9.17, 15) is 4.79 Å². The number of imidazole rings is 1. The maximum Gasteiger partial charge on any atom is 0.328 e. The van der Waals surface area contributed by atoms with Crippen molar-refractivity contribution in [3.8, 4) is 0 Å². The van der Waals surface area contributed by atoms with Crippen LogP contribution in [0.4, 0.5) is 0 Å². The van der Waals surface area contributed by atoms with Crippen molar-refractivity contribution in [1.29, 1.82) is 0 Å². The Morgan fingerprint density at radius 1 is 1.45 bits per heavy atom. The third-order valence-electron chi connectivity index (χ3n) is 2.75. The fraction of sp³-hybridized carbons (Fsp3) is 0.143. The van der Waals surface area contributed by atoms with E-state index in [1.807, 2.05) is 17.6 Å². The van der Waals surface area contributed by atoms with Gasteiger partial charge in [-0.05, 0) is 30.7 Å². The molecule has 1 aromatic heterocycles. The molecule has 1 aromatic carbocycles. The van der Waals surface area contributed by atoms with Gasteiger partial charge in [-0.1, -0.05) is 29.3 Å². The highest BCUT2D eigenvalue weighted by Crippen LogP contribution is 2.22. The Bertz CT molecular complexity index is 678. The van der Waals surface area contributed by atoms with Crippen molar-refractivity contribution in [2.24, 2.45) is 0 Å². The first-order valence-corrected chi connectivity index (χ1v) is 6.60. The SMILES string of the molecule is Cc1nc(/C=C/C(=O)O)cn1Cc1ccc(Cl)cc1Cl. The number of carboxylic acid groups (broad SMARTS) is 1. The smallest absolute Gasteiger partial charge is 0.328 e. The molecule has 0 saturated carbocycles. The van der Waals surface area contributed by atoms with Gasteiger partial charge in [-0.15, -0.1) is 0 Å². The minimum absolute atomic E-state index is 0.551. The average Bonchev–Trinajstić information content (AvgIpc) is 2.71. The molecule has 4 nitrogen and oxygen atoms in total. The van der Waals surface area contributed by atoms with E-state index >= 15 is 0 Å². The zero-order valence-electron chi connectivity index (χ0n) is 10.7. The van der Waals surface area contributed by atoms with Gasteiger partial charge in [0.1, 0.15) is 5.82 Å². The quantitative estimate of drug-likeness (QED) is 0.877. The molecule has 1 heterocycles. The van der Waals surface area contributed by atoms with E-state index in [1.54, 1.807) is 18.3 Å². The first-order chi connectivity index (χ1) is 9.45. The van der Waals surface area contributed by atoms with Gasteiger partial charge >= 0.3 is 5.97 Å². The van der Waals surface area contributed by atoms with Crippen LogP contribution in [0.5, 0.6) is 0 Å². The lowest BCUT2D eigenvalue weighted by molar-refractivity contribution is -0.131. The van der Waals surface area contributed by atoms with Crippen LogP contribution in [0.3, 0.4) is 0 Å². The number of carboxylic acids is 1. The summed E-state index contributed by atoms with van der Waals surface area (Å²) in [7, 11) is 0. The van der Waals surface area contributed by atoms with E-state index in [-0.39, 0.29) is 0 Å². The summed E-state index contributed by atoms with van der Waals surface area (Å²) in [5.41, 5.74) is 1.51. The van der Waals surface area contributed by atoms with Gasteiger partial charge in [-0.25, -0.2) is 9.78 Å². The Morgan fingerprint density at radius 3 is 2.85 bits per heavy atom. The molecule has 0 fully saturated rings. The van der Waals surface area contributed by atoms with Crippen molar-refractivity contribution in [2.75, 3.05) is 0 Å². The molecule has 104 valence electrons.